The lowest BCUT2D eigenvalue weighted by Crippen LogP contribution is -2.36. The molecule has 2 aromatic carbocycles. The molecule has 4 rings (SSSR count). The van der Waals surface area contributed by atoms with Crippen LogP contribution in [0.5, 0.6) is 5.75 Å². The maximum absolute atomic E-state index is 13.5. The molecule has 1 atom stereocenters. The quantitative estimate of drug-likeness (QED) is 0.385. The number of rotatable bonds is 5. The normalized spacial score (nSPS) is 17.5. The molecule has 0 spiro atoms. The summed E-state index contributed by atoms with van der Waals surface area (Å²) in [6.45, 7) is 11.4. The van der Waals surface area contributed by atoms with E-state index in [-0.39, 0.29) is 11.7 Å². The first-order valence-electron chi connectivity index (χ1n) is 14.5. The molecule has 214 valence electrons. The summed E-state index contributed by atoms with van der Waals surface area (Å²) in [6, 6.07) is 17.1. The third-order valence-corrected chi connectivity index (χ3v) is 8.01. The summed E-state index contributed by atoms with van der Waals surface area (Å²) < 4.78 is 8.06. The number of ketones is 1. The minimum absolute atomic E-state index is 0.00847. The topological polar surface area (TPSA) is 67.7 Å². The van der Waals surface area contributed by atoms with Crippen molar-refractivity contribution in [1.82, 2.24) is 19.6 Å². The van der Waals surface area contributed by atoms with Gasteiger partial charge in [0.1, 0.15) is 12.4 Å². The van der Waals surface area contributed by atoms with Crippen LogP contribution in [-0.2, 0) is 17.9 Å². The Balaban J connectivity index is 1.51. The van der Waals surface area contributed by atoms with Crippen molar-refractivity contribution in [3.8, 4) is 5.75 Å². The van der Waals surface area contributed by atoms with Crippen LogP contribution in [0.3, 0.4) is 0 Å². The lowest BCUT2D eigenvalue weighted by Gasteiger charge is -2.27. The summed E-state index contributed by atoms with van der Waals surface area (Å²) in [6.07, 6.45) is 3.35. The molecule has 1 unspecified atom stereocenters. The SMILES string of the molecule is CC(=O)c1c(C)nn(CCC(=O)N2CCCC(c3ccccc3)CCN(C)Cc3cc(C)ccc3OCC2)c1C. The summed E-state index contributed by atoms with van der Waals surface area (Å²) in [5.74, 6) is 1.43. The van der Waals surface area contributed by atoms with Crippen LogP contribution in [0.4, 0.5) is 0 Å². The third-order valence-electron chi connectivity index (χ3n) is 8.01. The highest BCUT2D eigenvalue weighted by molar-refractivity contribution is 5.96. The Hall–Kier alpha value is -3.45. The van der Waals surface area contributed by atoms with E-state index < -0.39 is 0 Å². The van der Waals surface area contributed by atoms with E-state index in [9.17, 15) is 9.59 Å². The lowest BCUT2D eigenvalue weighted by atomic mass is 9.91. The molecular formula is C33H44N4O3. The molecule has 0 N–H and O–H groups in total. The maximum atomic E-state index is 13.5. The van der Waals surface area contributed by atoms with Gasteiger partial charge in [0.15, 0.2) is 5.78 Å². The van der Waals surface area contributed by atoms with Gasteiger partial charge in [-0.1, -0.05) is 48.0 Å². The highest BCUT2D eigenvalue weighted by atomic mass is 16.5. The molecule has 7 heteroatoms. The molecule has 40 heavy (non-hydrogen) atoms. The minimum Gasteiger partial charge on any atom is -0.491 e. The molecule has 1 aromatic heterocycles. The summed E-state index contributed by atoms with van der Waals surface area (Å²) in [7, 11) is 2.18. The molecule has 2 heterocycles. The number of carbonyl (C=O) groups is 2. The molecule has 0 fully saturated rings. The van der Waals surface area contributed by atoms with Gasteiger partial charge in [-0.15, -0.1) is 0 Å². The fourth-order valence-corrected chi connectivity index (χ4v) is 5.86. The Morgan fingerprint density at radius 2 is 1.77 bits per heavy atom. The van der Waals surface area contributed by atoms with E-state index in [1.54, 1.807) is 11.6 Å². The second-order valence-corrected chi connectivity index (χ2v) is 11.2. The minimum atomic E-state index is 0.00847. The monoisotopic (exact) mass is 544 g/mol. The van der Waals surface area contributed by atoms with E-state index in [1.807, 2.05) is 18.7 Å². The smallest absolute Gasteiger partial charge is 0.224 e. The van der Waals surface area contributed by atoms with Crippen molar-refractivity contribution in [3.63, 3.8) is 0 Å². The number of ether oxygens (including phenoxy) is 1. The predicted octanol–water partition coefficient (Wildman–Crippen LogP) is 5.71. The van der Waals surface area contributed by atoms with Crippen molar-refractivity contribution in [3.05, 3.63) is 82.2 Å². The van der Waals surface area contributed by atoms with Gasteiger partial charge in [0.25, 0.3) is 0 Å². The van der Waals surface area contributed by atoms with Crippen molar-refractivity contribution in [2.24, 2.45) is 0 Å². The molecule has 1 aliphatic rings. The van der Waals surface area contributed by atoms with Gasteiger partial charge < -0.3 is 14.5 Å². The van der Waals surface area contributed by atoms with Gasteiger partial charge in [-0.25, -0.2) is 0 Å². The van der Waals surface area contributed by atoms with Crippen LogP contribution >= 0.6 is 0 Å². The van der Waals surface area contributed by atoms with Gasteiger partial charge in [-0.2, -0.15) is 5.10 Å². The number of fused-ring (bicyclic) bond motifs is 1. The number of aromatic nitrogens is 2. The molecule has 0 aliphatic carbocycles. The Morgan fingerprint density at radius 1 is 1.00 bits per heavy atom. The van der Waals surface area contributed by atoms with Crippen molar-refractivity contribution in [2.75, 3.05) is 33.3 Å². The Morgan fingerprint density at radius 3 is 2.50 bits per heavy atom. The third kappa shape index (κ3) is 7.60. The Labute approximate surface area is 239 Å². The molecule has 0 bridgehead atoms. The zero-order valence-corrected chi connectivity index (χ0v) is 24.8. The summed E-state index contributed by atoms with van der Waals surface area (Å²) in [5.41, 5.74) is 5.96. The van der Waals surface area contributed by atoms with Gasteiger partial charge in [0.05, 0.1) is 17.8 Å². The summed E-state index contributed by atoms with van der Waals surface area (Å²) >= 11 is 0. The van der Waals surface area contributed by atoms with Crippen molar-refractivity contribution < 1.29 is 14.3 Å². The zero-order chi connectivity index (χ0) is 28.6. The molecule has 1 aliphatic heterocycles. The second-order valence-electron chi connectivity index (χ2n) is 11.2. The first-order valence-corrected chi connectivity index (χ1v) is 14.5. The number of carbonyl (C=O) groups excluding carboxylic acids is 2. The fraction of sp³-hybridized carbons (Fsp3) is 0.485. The van der Waals surface area contributed by atoms with Crippen LogP contribution < -0.4 is 4.74 Å². The number of hydrogen-bond acceptors (Lipinski definition) is 5. The fourth-order valence-electron chi connectivity index (χ4n) is 5.86. The van der Waals surface area contributed by atoms with Crippen molar-refractivity contribution in [1.29, 1.82) is 0 Å². The van der Waals surface area contributed by atoms with Gasteiger partial charge in [-0.05, 0) is 78.1 Å². The van der Waals surface area contributed by atoms with Crippen LogP contribution in [0, 0.1) is 20.8 Å². The number of amides is 1. The first kappa shape index (κ1) is 29.5. The maximum Gasteiger partial charge on any atom is 0.224 e. The second kappa shape index (κ2) is 13.8. The van der Waals surface area contributed by atoms with Crippen LogP contribution in [0.2, 0.25) is 0 Å². The molecule has 0 saturated heterocycles. The lowest BCUT2D eigenvalue weighted by molar-refractivity contribution is -0.132. The number of hydrogen-bond donors (Lipinski definition) is 0. The van der Waals surface area contributed by atoms with Gasteiger partial charge >= 0.3 is 0 Å². The van der Waals surface area contributed by atoms with Gasteiger partial charge in [0.2, 0.25) is 5.91 Å². The van der Waals surface area contributed by atoms with Crippen LogP contribution in [0.1, 0.15) is 77.0 Å². The molecular weight excluding hydrogens is 500 g/mol. The van der Waals surface area contributed by atoms with Crippen molar-refractivity contribution >= 4 is 11.7 Å². The molecule has 7 nitrogen and oxygen atoms in total. The molecule has 3 aromatic rings. The van der Waals surface area contributed by atoms with E-state index in [2.05, 4.69) is 72.5 Å². The number of benzene rings is 2. The first-order chi connectivity index (χ1) is 19.2. The van der Waals surface area contributed by atoms with Crippen LogP contribution in [-0.4, -0.2) is 64.6 Å². The van der Waals surface area contributed by atoms with E-state index in [1.165, 1.54) is 16.7 Å². The van der Waals surface area contributed by atoms with E-state index in [0.717, 1.165) is 49.5 Å². The molecule has 0 saturated carbocycles. The number of aryl methyl sites for hydroxylation is 3. The van der Waals surface area contributed by atoms with Crippen LogP contribution in [0.25, 0.3) is 0 Å². The van der Waals surface area contributed by atoms with E-state index in [0.29, 0.717) is 44.1 Å². The van der Waals surface area contributed by atoms with E-state index in [4.69, 9.17) is 4.74 Å². The average molecular weight is 545 g/mol. The van der Waals surface area contributed by atoms with Gasteiger partial charge in [0, 0.05) is 37.3 Å². The number of Topliss-reactive ketones (excluding diaryl/α,β-unsaturated/α-hetero) is 1. The van der Waals surface area contributed by atoms with Crippen molar-refractivity contribution in [2.45, 2.75) is 72.4 Å². The van der Waals surface area contributed by atoms with Gasteiger partial charge in [-0.3, -0.25) is 14.3 Å². The standard InChI is InChI=1S/C33H44N4O3/c1-24-13-14-31-30(22-24)23-35(5)18-15-29(28-10-7-6-8-11-28)12-9-17-36(20-21-40-31)32(39)16-19-37-26(3)33(27(4)38)25(2)34-37/h6-8,10-11,13-14,22,29H,9,12,15-21,23H2,1-5H3. The Kier molecular flexibility index (Phi) is 10.2. The Bertz CT molecular complexity index is 1300. The van der Waals surface area contributed by atoms with Crippen LogP contribution in [0.15, 0.2) is 48.5 Å². The summed E-state index contributed by atoms with van der Waals surface area (Å²) in [4.78, 5) is 29.8. The van der Waals surface area contributed by atoms with E-state index >= 15 is 0 Å². The summed E-state index contributed by atoms with van der Waals surface area (Å²) in [5, 5.41) is 4.53. The highest BCUT2D eigenvalue weighted by Gasteiger charge is 2.20. The zero-order valence-electron chi connectivity index (χ0n) is 24.8. The number of nitrogens with zero attached hydrogens (tertiary/aromatic N) is 4. The average Bonchev–Trinajstić information content (AvgIpc) is 3.22. The molecule has 0 radical (unpaired) electrons. The molecule has 1 amide bonds. The highest BCUT2D eigenvalue weighted by Crippen LogP contribution is 2.27. The predicted molar refractivity (Wildman–Crippen MR) is 159 cm³/mol. The largest absolute Gasteiger partial charge is 0.491 e.